The van der Waals surface area contributed by atoms with Gasteiger partial charge in [-0.2, -0.15) is 0 Å². The number of nitrogens with two attached hydrogens (primary N) is 1. The smallest absolute Gasteiger partial charge is 0.251 e. The summed E-state index contributed by atoms with van der Waals surface area (Å²) in [6.07, 6.45) is 6.09. The van der Waals surface area contributed by atoms with Gasteiger partial charge in [0.1, 0.15) is 11.6 Å². The van der Waals surface area contributed by atoms with Crippen LogP contribution in [0.4, 0.5) is 11.8 Å². The van der Waals surface area contributed by atoms with Gasteiger partial charge in [-0.25, -0.2) is 15.0 Å². The van der Waals surface area contributed by atoms with Crippen molar-refractivity contribution in [1.29, 1.82) is 0 Å². The normalized spacial score (nSPS) is 18.7. The summed E-state index contributed by atoms with van der Waals surface area (Å²) in [4.78, 5) is 25.5. The molecule has 3 heterocycles. The Morgan fingerprint density at radius 3 is 2.97 bits per heavy atom. The predicted octanol–water partition coefficient (Wildman–Crippen LogP) is 2.58. The predicted molar refractivity (Wildman–Crippen MR) is 124 cm³/mol. The van der Waals surface area contributed by atoms with Gasteiger partial charge in [-0.05, 0) is 36.6 Å². The number of nitrogens with zero attached hydrogens (tertiary/aromatic N) is 3. The summed E-state index contributed by atoms with van der Waals surface area (Å²) in [7, 11) is 1.70. The summed E-state index contributed by atoms with van der Waals surface area (Å²) in [6.45, 7) is 1.12. The second-order valence-electron chi connectivity index (χ2n) is 8.28. The van der Waals surface area contributed by atoms with E-state index in [0.717, 1.165) is 47.5 Å². The first-order chi connectivity index (χ1) is 16.1. The molecule has 170 valence electrons. The lowest BCUT2D eigenvalue weighted by molar-refractivity contribution is 0.0176. The first kappa shape index (κ1) is 21.1. The number of fused-ring (bicyclic) bond motifs is 1. The number of benzene rings is 1. The van der Waals surface area contributed by atoms with Crippen molar-refractivity contribution in [3.8, 4) is 17.0 Å². The Labute approximate surface area is 191 Å². The third-order valence-corrected chi connectivity index (χ3v) is 6.09. The SMILES string of the molecule is COC1CC(NC(=O)c2cccc(CNc3ncc(-c4ccnc(N)n4)c4c3CCO4)c2)C1. The molecule has 3 aromatic rings. The van der Waals surface area contributed by atoms with E-state index in [9.17, 15) is 4.79 Å². The first-order valence-corrected chi connectivity index (χ1v) is 11.0. The number of methoxy groups -OCH3 is 1. The van der Waals surface area contributed by atoms with Gasteiger partial charge in [0.25, 0.3) is 5.91 Å². The van der Waals surface area contributed by atoms with Crippen molar-refractivity contribution in [2.45, 2.75) is 38.0 Å². The van der Waals surface area contributed by atoms with Gasteiger partial charge in [-0.3, -0.25) is 4.79 Å². The van der Waals surface area contributed by atoms with Crippen molar-refractivity contribution in [2.24, 2.45) is 0 Å². The molecule has 1 amide bonds. The third-order valence-electron chi connectivity index (χ3n) is 6.09. The van der Waals surface area contributed by atoms with Crippen LogP contribution in [0.2, 0.25) is 0 Å². The molecule has 9 heteroatoms. The maximum Gasteiger partial charge on any atom is 0.251 e. The molecular formula is C24H26N6O3. The zero-order valence-corrected chi connectivity index (χ0v) is 18.4. The second kappa shape index (κ2) is 9.03. The molecule has 1 fully saturated rings. The summed E-state index contributed by atoms with van der Waals surface area (Å²) < 4.78 is 11.2. The number of rotatable bonds is 7. The van der Waals surface area contributed by atoms with Crippen LogP contribution in [-0.2, 0) is 17.7 Å². The van der Waals surface area contributed by atoms with E-state index in [1.807, 2.05) is 24.3 Å². The van der Waals surface area contributed by atoms with Crippen LogP contribution >= 0.6 is 0 Å². The molecule has 2 aliphatic rings. The lowest BCUT2D eigenvalue weighted by Gasteiger charge is -2.34. The Bertz CT molecular complexity index is 1180. The van der Waals surface area contributed by atoms with E-state index >= 15 is 0 Å². The van der Waals surface area contributed by atoms with Crippen molar-refractivity contribution in [3.05, 3.63) is 59.4 Å². The molecular weight excluding hydrogens is 420 g/mol. The number of amides is 1. The molecule has 9 nitrogen and oxygen atoms in total. The van der Waals surface area contributed by atoms with Gasteiger partial charge < -0.3 is 25.8 Å². The Hall–Kier alpha value is -3.72. The molecule has 0 unspecified atom stereocenters. The fraction of sp³-hybridized carbons (Fsp3) is 0.333. The number of nitrogen functional groups attached to an aromatic ring is 1. The Balaban J connectivity index is 1.28. The highest BCUT2D eigenvalue weighted by Crippen LogP contribution is 2.39. The van der Waals surface area contributed by atoms with Crippen LogP contribution in [0.25, 0.3) is 11.3 Å². The van der Waals surface area contributed by atoms with Gasteiger partial charge in [0, 0.05) is 49.6 Å². The van der Waals surface area contributed by atoms with E-state index in [1.54, 1.807) is 25.6 Å². The van der Waals surface area contributed by atoms with Crippen molar-refractivity contribution in [1.82, 2.24) is 20.3 Å². The van der Waals surface area contributed by atoms with Gasteiger partial charge in [0.2, 0.25) is 5.95 Å². The van der Waals surface area contributed by atoms with Crippen LogP contribution in [0, 0.1) is 0 Å². The van der Waals surface area contributed by atoms with Gasteiger partial charge >= 0.3 is 0 Å². The number of hydrogen-bond donors (Lipinski definition) is 3. The molecule has 1 aliphatic heterocycles. The van der Waals surface area contributed by atoms with Crippen molar-refractivity contribution < 1.29 is 14.3 Å². The van der Waals surface area contributed by atoms with Gasteiger partial charge in [-0.15, -0.1) is 0 Å². The zero-order chi connectivity index (χ0) is 22.8. The molecule has 0 bridgehead atoms. The molecule has 0 saturated heterocycles. The Morgan fingerprint density at radius 2 is 2.15 bits per heavy atom. The van der Waals surface area contributed by atoms with Crippen LogP contribution in [0.3, 0.4) is 0 Å². The van der Waals surface area contributed by atoms with Crippen molar-refractivity contribution in [2.75, 3.05) is 24.8 Å². The Kier molecular flexibility index (Phi) is 5.78. The lowest BCUT2D eigenvalue weighted by atomic mass is 9.89. The van der Waals surface area contributed by atoms with Crippen LogP contribution in [0.1, 0.15) is 34.3 Å². The minimum Gasteiger partial charge on any atom is -0.492 e. The standard InChI is InChI=1S/C24H26N6O3/c1-32-17-10-16(11-17)29-23(31)15-4-2-3-14(9-15)12-27-22-18-6-8-33-21(18)19(13-28-22)20-5-7-26-24(25)30-20/h2-5,7,9,13,16-17H,6,8,10-12H2,1H3,(H,27,28)(H,29,31)(H2,25,26,30). The summed E-state index contributed by atoms with van der Waals surface area (Å²) in [5.41, 5.74) is 9.87. The number of carbonyl (C=O) groups excluding carboxylic acids is 1. The average Bonchev–Trinajstić information content (AvgIpc) is 3.30. The van der Waals surface area contributed by atoms with Gasteiger partial charge in [-0.1, -0.05) is 12.1 Å². The number of nitrogens with one attached hydrogen (secondary N) is 2. The van der Waals surface area contributed by atoms with E-state index in [1.165, 1.54) is 0 Å². The van der Waals surface area contributed by atoms with E-state index < -0.39 is 0 Å². The van der Waals surface area contributed by atoms with E-state index in [2.05, 4.69) is 25.6 Å². The highest BCUT2D eigenvalue weighted by Gasteiger charge is 2.30. The molecule has 0 radical (unpaired) electrons. The molecule has 1 aliphatic carbocycles. The molecule has 0 spiro atoms. The third kappa shape index (κ3) is 4.45. The number of carbonyl (C=O) groups is 1. The fourth-order valence-electron chi connectivity index (χ4n) is 4.20. The molecule has 1 saturated carbocycles. The summed E-state index contributed by atoms with van der Waals surface area (Å²) in [5, 5.41) is 6.47. The molecule has 33 heavy (non-hydrogen) atoms. The Morgan fingerprint density at radius 1 is 1.27 bits per heavy atom. The number of pyridine rings is 1. The van der Waals surface area contributed by atoms with Crippen LogP contribution in [0.15, 0.2) is 42.7 Å². The van der Waals surface area contributed by atoms with Crippen LogP contribution in [-0.4, -0.2) is 46.7 Å². The van der Waals surface area contributed by atoms with E-state index in [0.29, 0.717) is 24.4 Å². The fourth-order valence-corrected chi connectivity index (χ4v) is 4.20. The van der Waals surface area contributed by atoms with Gasteiger partial charge in [0.15, 0.2) is 0 Å². The van der Waals surface area contributed by atoms with E-state index in [-0.39, 0.29) is 24.0 Å². The van der Waals surface area contributed by atoms with Crippen LogP contribution < -0.4 is 21.1 Å². The lowest BCUT2D eigenvalue weighted by Crippen LogP contribution is -2.47. The monoisotopic (exact) mass is 446 g/mol. The molecule has 4 N–H and O–H groups in total. The topological polar surface area (TPSA) is 124 Å². The number of hydrogen-bond acceptors (Lipinski definition) is 8. The highest BCUT2D eigenvalue weighted by atomic mass is 16.5. The van der Waals surface area contributed by atoms with Crippen molar-refractivity contribution in [3.63, 3.8) is 0 Å². The van der Waals surface area contributed by atoms with Crippen molar-refractivity contribution >= 4 is 17.7 Å². The number of anilines is 2. The minimum absolute atomic E-state index is 0.0581. The van der Waals surface area contributed by atoms with Crippen LogP contribution in [0.5, 0.6) is 5.75 Å². The average molecular weight is 447 g/mol. The summed E-state index contributed by atoms with van der Waals surface area (Å²) in [6, 6.07) is 9.59. The quantitative estimate of drug-likeness (QED) is 0.506. The van der Waals surface area contributed by atoms with Gasteiger partial charge in [0.05, 0.1) is 24.0 Å². The first-order valence-electron chi connectivity index (χ1n) is 11.0. The molecule has 2 aromatic heterocycles. The molecule has 0 atom stereocenters. The second-order valence-corrected chi connectivity index (χ2v) is 8.28. The molecule has 1 aromatic carbocycles. The minimum atomic E-state index is -0.0581. The maximum atomic E-state index is 12.6. The largest absolute Gasteiger partial charge is 0.492 e. The highest BCUT2D eigenvalue weighted by molar-refractivity contribution is 5.94. The maximum absolute atomic E-state index is 12.6. The molecule has 5 rings (SSSR count). The summed E-state index contributed by atoms with van der Waals surface area (Å²) >= 11 is 0. The number of aromatic nitrogens is 3. The van der Waals surface area contributed by atoms with E-state index in [4.69, 9.17) is 15.2 Å². The zero-order valence-electron chi connectivity index (χ0n) is 18.4. The summed E-state index contributed by atoms with van der Waals surface area (Å²) in [5.74, 6) is 1.69. The number of ether oxygens (including phenoxy) is 2.